The highest BCUT2D eigenvalue weighted by Crippen LogP contribution is 2.18. The number of ether oxygens (including phenoxy) is 1. The number of hydrogen-bond donors (Lipinski definition) is 0. The maximum Gasteiger partial charge on any atom is 0.233 e. The van der Waals surface area contributed by atoms with Crippen molar-refractivity contribution in [1.82, 2.24) is 4.31 Å². The Kier molecular flexibility index (Phi) is 8.37. The predicted molar refractivity (Wildman–Crippen MR) is 109 cm³/mol. The Morgan fingerprint density at radius 3 is 2.18 bits per heavy atom. The van der Waals surface area contributed by atoms with E-state index in [1.807, 2.05) is 0 Å². The van der Waals surface area contributed by atoms with Gasteiger partial charge >= 0.3 is 0 Å². The van der Waals surface area contributed by atoms with Gasteiger partial charge in [-0.25, -0.2) is 21.2 Å². The van der Waals surface area contributed by atoms with E-state index >= 15 is 0 Å². The minimum absolute atomic E-state index is 0.0792. The van der Waals surface area contributed by atoms with Gasteiger partial charge in [-0.05, 0) is 30.7 Å². The molecule has 0 heterocycles. The van der Waals surface area contributed by atoms with E-state index in [0.29, 0.717) is 12.0 Å². The fourth-order valence-electron chi connectivity index (χ4n) is 2.17. The lowest BCUT2D eigenvalue weighted by atomic mass is 10.2. The van der Waals surface area contributed by atoms with Gasteiger partial charge in [0.05, 0.1) is 12.0 Å². The first-order valence-electron chi connectivity index (χ1n) is 8.38. The van der Waals surface area contributed by atoms with Gasteiger partial charge in [-0.2, -0.15) is 4.99 Å². The van der Waals surface area contributed by atoms with Crippen molar-refractivity contribution in [2.75, 3.05) is 24.8 Å². The van der Waals surface area contributed by atoms with Crippen molar-refractivity contribution >= 4 is 31.5 Å². The van der Waals surface area contributed by atoms with Crippen molar-refractivity contribution in [1.29, 1.82) is 0 Å². The number of sulfone groups is 1. The second-order valence-corrected chi connectivity index (χ2v) is 10.3. The Hall–Kier alpha value is -2.20. The van der Waals surface area contributed by atoms with Crippen molar-refractivity contribution in [2.45, 2.75) is 19.8 Å². The van der Waals surface area contributed by atoms with Crippen molar-refractivity contribution in [3.8, 4) is 0 Å². The van der Waals surface area contributed by atoms with Gasteiger partial charge in [0.25, 0.3) is 0 Å². The van der Waals surface area contributed by atoms with E-state index < -0.39 is 25.7 Å². The lowest BCUT2D eigenvalue weighted by molar-refractivity contribution is 0.462. The van der Waals surface area contributed by atoms with Gasteiger partial charge in [-0.3, -0.25) is 4.31 Å². The summed E-state index contributed by atoms with van der Waals surface area (Å²) in [5, 5.41) is 0. The highest BCUT2D eigenvalue weighted by Gasteiger charge is 2.19. The number of aliphatic imine (C=N–C) groups is 1. The quantitative estimate of drug-likeness (QED) is 0.322. The zero-order chi connectivity index (χ0) is 21.5. The lowest BCUT2D eigenvalue weighted by Gasteiger charge is -2.22. The van der Waals surface area contributed by atoms with Crippen LogP contribution in [0, 0.1) is 5.82 Å². The SMILES string of the molecule is C=C(OC(CC)=NC(=C)N(CCCS(C)(=O)=O)S(C)(=O)=O)c1ccc(F)cc1. The number of benzene rings is 1. The Balaban J connectivity index is 2.94. The van der Waals surface area contributed by atoms with Crippen LogP contribution in [0.15, 0.2) is 48.2 Å². The summed E-state index contributed by atoms with van der Waals surface area (Å²) in [5.74, 6) is -0.270. The molecule has 0 saturated carbocycles. The van der Waals surface area contributed by atoms with E-state index in [1.54, 1.807) is 6.92 Å². The number of rotatable bonds is 10. The molecule has 0 atom stereocenters. The summed E-state index contributed by atoms with van der Waals surface area (Å²) in [7, 11) is -6.93. The molecule has 0 N–H and O–H groups in total. The molecule has 0 saturated heterocycles. The zero-order valence-electron chi connectivity index (χ0n) is 16.2. The molecule has 28 heavy (non-hydrogen) atoms. The van der Waals surface area contributed by atoms with Crippen LogP contribution in [0.25, 0.3) is 5.76 Å². The molecule has 0 aliphatic heterocycles. The molecule has 0 unspecified atom stereocenters. The third-order valence-corrected chi connectivity index (χ3v) is 5.75. The second-order valence-electron chi connectivity index (χ2n) is 6.13. The van der Waals surface area contributed by atoms with Crippen molar-refractivity contribution in [2.24, 2.45) is 4.99 Å². The van der Waals surface area contributed by atoms with E-state index in [1.165, 1.54) is 24.3 Å². The van der Waals surface area contributed by atoms with E-state index in [-0.39, 0.29) is 36.2 Å². The van der Waals surface area contributed by atoms with Crippen LogP contribution < -0.4 is 0 Å². The van der Waals surface area contributed by atoms with E-state index in [2.05, 4.69) is 18.2 Å². The van der Waals surface area contributed by atoms with E-state index in [0.717, 1.165) is 16.8 Å². The van der Waals surface area contributed by atoms with Crippen LogP contribution in [0.5, 0.6) is 0 Å². The fraction of sp³-hybridized carbons (Fsp3) is 0.389. The first-order valence-corrected chi connectivity index (χ1v) is 12.3. The largest absolute Gasteiger partial charge is 0.443 e. The Morgan fingerprint density at radius 2 is 1.71 bits per heavy atom. The number of sulfonamides is 1. The smallest absolute Gasteiger partial charge is 0.233 e. The second kappa shape index (κ2) is 9.83. The lowest BCUT2D eigenvalue weighted by Crippen LogP contribution is -2.31. The van der Waals surface area contributed by atoms with Gasteiger partial charge in [0.2, 0.25) is 10.0 Å². The van der Waals surface area contributed by atoms with Crippen molar-refractivity contribution in [3.05, 3.63) is 54.6 Å². The van der Waals surface area contributed by atoms with Crippen molar-refractivity contribution in [3.63, 3.8) is 0 Å². The highest BCUT2D eigenvalue weighted by molar-refractivity contribution is 7.90. The molecule has 10 heteroatoms. The Labute approximate surface area is 166 Å². The standard InChI is InChI=1S/C18H25FN2O5S2/c1-6-18(26-14(2)16-8-10-17(19)11-9-16)20-15(3)21(28(5,24)25)12-7-13-27(4,22)23/h8-11H,2-3,6-7,12-13H2,1,4-5H3. The Morgan fingerprint density at radius 1 is 1.14 bits per heavy atom. The minimum atomic E-state index is -3.71. The molecule has 1 aromatic rings. The highest BCUT2D eigenvalue weighted by atomic mass is 32.2. The molecule has 156 valence electrons. The van der Waals surface area contributed by atoms with Crippen LogP contribution >= 0.6 is 0 Å². The summed E-state index contributed by atoms with van der Waals surface area (Å²) in [6, 6.07) is 5.51. The maximum atomic E-state index is 13.0. The molecule has 0 aromatic heterocycles. The predicted octanol–water partition coefficient (Wildman–Crippen LogP) is 2.79. The molecular weight excluding hydrogens is 407 g/mol. The van der Waals surface area contributed by atoms with Gasteiger partial charge < -0.3 is 4.74 Å². The van der Waals surface area contributed by atoms with Crippen LogP contribution in [0.2, 0.25) is 0 Å². The molecular formula is C18H25FN2O5S2. The monoisotopic (exact) mass is 432 g/mol. The average molecular weight is 433 g/mol. The van der Waals surface area contributed by atoms with Crippen LogP contribution in [-0.4, -0.2) is 51.8 Å². The molecule has 1 aromatic carbocycles. The van der Waals surface area contributed by atoms with Crippen LogP contribution in [0.4, 0.5) is 4.39 Å². The van der Waals surface area contributed by atoms with Gasteiger partial charge in [0.15, 0.2) is 5.90 Å². The molecule has 1 rings (SSSR count). The normalized spacial score (nSPS) is 12.5. The third kappa shape index (κ3) is 8.22. The molecule has 7 nitrogen and oxygen atoms in total. The topological polar surface area (TPSA) is 93.1 Å². The average Bonchev–Trinajstić information content (AvgIpc) is 2.56. The van der Waals surface area contributed by atoms with E-state index in [9.17, 15) is 21.2 Å². The molecule has 0 amide bonds. The Bertz CT molecular complexity index is 952. The molecule has 0 aliphatic rings. The summed E-state index contributed by atoms with van der Waals surface area (Å²) in [6.07, 6.45) is 2.48. The fourth-order valence-corrected chi connectivity index (χ4v) is 3.71. The first-order chi connectivity index (χ1) is 12.8. The molecule has 0 aliphatic carbocycles. The van der Waals surface area contributed by atoms with Crippen LogP contribution in [0.3, 0.4) is 0 Å². The molecule has 0 spiro atoms. The maximum absolute atomic E-state index is 13.0. The molecule has 0 bridgehead atoms. The van der Waals surface area contributed by atoms with Crippen molar-refractivity contribution < 1.29 is 26.0 Å². The van der Waals surface area contributed by atoms with E-state index in [4.69, 9.17) is 4.74 Å². The molecule has 0 fully saturated rings. The van der Waals surface area contributed by atoms with Gasteiger partial charge in [0.1, 0.15) is 27.2 Å². The summed E-state index contributed by atoms with van der Waals surface area (Å²) in [5.41, 5.74) is 0.543. The summed E-state index contributed by atoms with van der Waals surface area (Å²) < 4.78 is 66.1. The third-order valence-electron chi connectivity index (χ3n) is 3.53. The summed E-state index contributed by atoms with van der Waals surface area (Å²) in [4.78, 5) is 4.12. The van der Waals surface area contributed by atoms with Crippen LogP contribution in [0.1, 0.15) is 25.3 Å². The summed E-state index contributed by atoms with van der Waals surface area (Å²) in [6.45, 7) is 9.10. The van der Waals surface area contributed by atoms with Gasteiger partial charge in [-0.15, -0.1) is 0 Å². The molecule has 0 radical (unpaired) electrons. The van der Waals surface area contributed by atoms with Crippen LogP contribution in [-0.2, 0) is 24.6 Å². The number of hydrogen-bond acceptors (Lipinski definition) is 6. The zero-order valence-corrected chi connectivity index (χ0v) is 17.8. The summed E-state index contributed by atoms with van der Waals surface area (Å²) >= 11 is 0. The van der Waals surface area contributed by atoms with Gasteiger partial charge in [-0.1, -0.05) is 20.1 Å². The first kappa shape index (κ1) is 23.8. The minimum Gasteiger partial charge on any atom is -0.443 e. The van der Waals surface area contributed by atoms with Gasteiger partial charge in [0, 0.05) is 24.8 Å². The number of halogens is 1. The number of nitrogens with zero attached hydrogens (tertiary/aromatic N) is 2.